The smallest absolute Gasteiger partial charge is 0.319 e. The van der Waals surface area contributed by atoms with Gasteiger partial charge in [0.05, 0.1) is 24.6 Å². The molecule has 3 atom stereocenters. The summed E-state index contributed by atoms with van der Waals surface area (Å²) in [6.45, 7) is 3.77. The standard InChI is InChI=1S/C34H41FN8O4/c1-21-30(24-15-27(28(36)20-44)33(37-2)40-17-24)39-12-10-26(22-7-5-4-6-8-22)31(21)42-34(45)41-18-25-19-43(13-14-46-3)47-32(25)23-9-11-38-29(35)16-23/h4-9,11,15-17,25-26,32,36,44H,10,12-14,18-20H2,1-3H3,(H,37,40)(H2,41,42,45)/t25-,26?,32+/m1/s1. The van der Waals surface area contributed by atoms with E-state index >= 15 is 0 Å². The van der Waals surface area contributed by atoms with Crippen LogP contribution in [0, 0.1) is 17.3 Å². The van der Waals surface area contributed by atoms with Crippen LogP contribution in [-0.4, -0.2) is 91.1 Å². The lowest BCUT2D eigenvalue weighted by Crippen LogP contribution is -2.41. The number of carbonyl (C=O) groups is 1. The monoisotopic (exact) mass is 644 g/mol. The van der Waals surface area contributed by atoms with Crippen molar-refractivity contribution < 1.29 is 23.9 Å². The Labute approximate surface area is 273 Å². The number of aliphatic hydroxyl groups excluding tert-OH is 1. The number of hydrogen-bond donors (Lipinski definition) is 5. The van der Waals surface area contributed by atoms with Crippen LogP contribution in [0.4, 0.5) is 15.0 Å². The predicted octanol–water partition coefficient (Wildman–Crippen LogP) is 3.82. The maximum atomic E-state index is 14.0. The summed E-state index contributed by atoms with van der Waals surface area (Å²) < 4.78 is 19.2. The average Bonchev–Trinajstić information content (AvgIpc) is 3.44. The molecule has 0 aliphatic carbocycles. The molecule has 1 aromatic carbocycles. The van der Waals surface area contributed by atoms with E-state index < -0.39 is 18.7 Å². The van der Waals surface area contributed by atoms with Crippen molar-refractivity contribution in [1.82, 2.24) is 25.7 Å². The number of rotatable bonds is 12. The van der Waals surface area contributed by atoms with Crippen LogP contribution in [0.1, 0.15) is 47.6 Å². The van der Waals surface area contributed by atoms with E-state index in [9.17, 15) is 14.3 Å². The van der Waals surface area contributed by atoms with Crippen LogP contribution < -0.4 is 16.0 Å². The number of ether oxygens (including phenoxy) is 1. The van der Waals surface area contributed by atoms with E-state index in [2.05, 4.69) is 25.9 Å². The first-order chi connectivity index (χ1) is 22.8. The van der Waals surface area contributed by atoms with E-state index in [1.807, 2.05) is 37.3 Å². The highest BCUT2D eigenvalue weighted by Gasteiger charge is 2.36. The zero-order valence-corrected chi connectivity index (χ0v) is 26.8. The van der Waals surface area contributed by atoms with Crippen molar-refractivity contribution in [2.24, 2.45) is 10.9 Å². The second kappa shape index (κ2) is 15.8. The summed E-state index contributed by atoms with van der Waals surface area (Å²) in [5.74, 6) is -0.423. The molecule has 2 aromatic heterocycles. The van der Waals surface area contributed by atoms with Crippen molar-refractivity contribution in [3.8, 4) is 0 Å². The van der Waals surface area contributed by atoms with Gasteiger partial charge in [0.2, 0.25) is 5.95 Å². The van der Waals surface area contributed by atoms with Gasteiger partial charge in [-0.25, -0.2) is 14.8 Å². The third-order valence-corrected chi connectivity index (χ3v) is 8.40. The van der Waals surface area contributed by atoms with Gasteiger partial charge in [0.25, 0.3) is 0 Å². The van der Waals surface area contributed by atoms with Crippen molar-refractivity contribution in [2.75, 3.05) is 58.9 Å². The van der Waals surface area contributed by atoms with E-state index in [0.717, 1.165) is 11.1 Å². The van der Waals surface area contributed by atoms with Gasteiger partial charge in [-0.15, -0.1) is 0 Å². The molecule has 1 unspecified atom stereocenters. The molecule has 4 heterocycles. The van der Waals surface area contributed by atoms with E-state index in [1.54, 1.807) is 37.6 Å². The first-order valence-electron chi connectivity index (χ1n) is 15.6. The van der Waals surface area contributed by atoms with Crippen LogP contribution in [0.2, 0.25) is 0 Å². The van der Waals surface area contributed by atoms with Crippen LogP contribution in [0.3, 0.4) is 0 Å². The molecule has 2 aliphatic rings. The molecule has 1 fully saturated rings. The minimum Gasteiger partial charge on any atom is -0.390 e. The number of halogens is 1. The lowest BCUT2D eigenvalue weighted by Gasteiger charge is -2.24. The molecule has 0 spiro atoms. The van der Waals surface area contributed by atoms with E-state index in [0.29, 0.717) is 66.6 Å². The zero-order valence-electron chi connectivity index (χ0n) is 26.8. The molecule has 3 aromatic rings. The number of aliphatic hydroxyl groups is 1. The van der Waals surface area contributed by atoms with Crippen molar-refractivity contribution in [3.63, 3.8) is 0 Å². The van der Waals surface area contributed by atoms with Crippen LogP contribution in [0.25, 0.3) is 0 Å². The van der Waals surface area contributed by atoms with E-state index in [4.69, 9.17) is 20.0 Å². The predicted molar refractivity (Wildman–Crippen MR) is 177 cm³/mol. The van der Waals surface area contributed by atoms with Gasteiger partial charge >= 0.3 is 6.03 Å². The molecule has 13 heteroatoms. The fourth-order valence-corrected chi connectivity index (χ4v) is 6.05. The highest BCUT2D eigenvalue weighted by atomic mass is 19.1. The molecular weight excluding hydrogens is 603 g/mol. The highest BCUT2D eigenvalue weighted by molar-refractivity contribution is 6.14. The summed E-state index contributed by atoms with van der Waals surface area (Å²) in [7, 11) is 3.33. The van der Waals surface area contributed by atoms with Crippen molar-refractivity contribution >= 4 is 23.3 Å². The number of nitrogens with zero attached hydrogens (tertiary/aromatic N) is 4. The number of pyridine rings is 2. The first-order valence-corrected chi connectivity index (χ1v) is 15.6. The molecular formula is C34H41FN8O4. The number of allylic oxidation sites excluding steroid dienone is 2. The van der Waals surface area contributed by atoms with E-state index in [-0.39, 0.29) is 30.1 Å². The molecule has 0 bridgehead atoms. The lowest BCUT2D eigenvalue weighted by atomic mass is 9.89. The minimum atomic E-state index is -0.595. The number of benzene rings is 1. The molecule has 5 N–H and O–H groups in total. The number of carbonyl (C=O) groups excluding carboxylic acids is 1. The van der Waals surface area contributed by atoms with Crippen LogP contribution in [0.15, 0.2) is 77.2 Å². The van der Waals surface area contributed by atoms with Gasteiger partial charge in [-0.2, -0.15) is 9.45 Å². The summed E-state index contributed by atoms with van der Waals surface area (Å²) >= 11 is 0. The summed E-state index contributed by atoms with van der Waals surface area (Å²) in [6, 6.07) is 14.4. The maximum Gasteiger partial charge on any atom is 0.319 e. The van der Waals surface area contributed by atoms with Crippen molar-refractivity contribution in [1.29, 1.82) is 5.41 Å². The third kappa shape index (κ3) is 8.06. The first kappa shape index (κ1) is 33.8. The van der Waals surface area contributed by atoms with Crippen molar-refractivity contribution in [3.05, 3.63) is 100 Å². The molecule has 12 nitrogen and oxygen atoms in total. The number of methoxy groups -OCH3 is 1. The highest BCUT2D eigenvalue weighted by Crippen LogP contribution is 2.35. The van der Waals surface area contributed by atoms with Crippen molar-refractivity contribution in [2.45, 2.75) is 25.4 Å². The Kier molecular flexibility index (Phi) is 11.4. The summed E-state index contributed by atoms with van der Waals surface area (Å²) in [5.41, 5.74) is 5.00. The molecule has 0 radical (unpaired) electrons. The number of aliphatic imine (C=N–C) groups is 1. The fourth-order valence-electron chi connectivity index (χ4n) is 6.05. The number of amides is 2. The Balaban J connectivity index is 1.41. The Hall–Kier alpha value is -4.56. The molecule has 5 rings (SSSR count). The SMILES string of the molecule is CNc1ncc(C2=NCCC(c3ccccc3)C(NC(=O)NC[C@@H]3CN(CCOC)O[C@H]3c3ccnc(F)c3)=C2C)cc1C(=N)CO. The number of nitrogens with one attached hydrogen (secondary N) is 4. The molecule has 47 heavy (non-hydrogen) atoms. The van der Waals surface area contributed by atoms with Gasteiger partial charge < -0.3 is 31.2 Å². The summed E-state index contributed by atoms with van der Waals surface area (Å²) in [4.78, 5) is 32.9. The molecule has 1 saturated heterocycles. The largest absolute Gasteiger partial charge is 0.390 e. The van der Waals surface area contributed by atoms with Gasteiger partial charge in [0.15, 0.2) is 0 Å². The molecule has 2 amide bonds. The van der Waals surface area contributed by atoms with Crippen LogP contribution in [0.5, 0.6) is 0 Å². The molecule has 0 saturated carbocycles. The Morgan fingerprint density at radius 2 is 2.00 bits per heavy atom. The topological polar surface area (TPSA) is 157 Å². The average molecular weight is 645 g/mol. The zero-order chi connectivity index (χ0) is 33.3. The lowest BCUT2D eigenvalue weighted by molar-refractivity contribution is -0.155. The van der Waals surface area contributed by atoms with Gasteiger partial charge in [-0.3, -0.25) is 9.83 Å². The Bertz CT molecular complexity index is 1630. The normalized spacial score (nSPS) is 20.0. The molecule has 248 valence electrons. The number of hydroxylamine groups is 2. The summed E-state index contributed by atoms with van der Waals surface area (Å²) in [6.07, 6.45) is 3.27. The molecule has 2 aliphatic heterocycles. The fraction of sp³-hybridized carbons (Fsp3) is 0.382. The Morgan fingerprint density at radius 3 is 2.72 bits per heavy atom. The number of anilines is 1. The van der Waals surface area contributed by atoms with Crippen LogP contribution >= 0.6 is 0 Å². The number of hydrogen-bond acceptors (Lipinski definition) is 10. The quantitative estimate of drug-likeness (QED) is 0.147. The third-order valence-electron chi connectivity index (χ3n) is 8.40. The van der Waals surface area contributed by atoms with Crippen LogP contribution in [-0.2, 0) is 9.57 Å². The second-order valence-corrected chi connectivity index (χ2v) is 11.4. The second-order valence-electron chi connectivity index (χ2n) is 11.4. The summed E-state index contributed by atoms with van der Waals surface area (Å²) in [5, 5.41) is 28.9. The number of aromatic nitrogens is 2. The number of urea groups is 1. The van der Waals surface area contributed by atoms with Gasteiger partial charge in [-0.05, 0) is 48.2 Å². The van der Waals surface area contributed by atoms with E-state index in [1.165, 1.54) is 12.3 Å². The van der Waals surface area contributed by atoms with Gasteiger partial charge in [0, 0.05) is 81.4 Å². The van der Waals surface area contributed by atoms with Gasteiger partial charge in [0.1, 0.15) is 11.9 Å². The Morgan fingerprint density at radius 1 is 1.19 bits per heavy atom. The maximum absolute atomic E-state index is 14.0. The minimum absolute atomic E-state index is 0.0314. The van der Waals surface area contributed by atoms with Gasteiger partial charge in [-0.1, -0.05) is 30.3 Å².